The molecule has 1 aromatic carbocycles. The number of carbonyl (C=O) groups excluding carboxylic acids is 1. The Morgan fingerprint density at radius 3 is 2.77 bits per heavy atom. The summed E-state index contributed by atoms with van der Waals surface area (Å²) in [7, 11) is 1.47. The van der Waals surface area contributed by atoms with Crippen molar-refractivity contribution in [2.45, 2.75) is 32.2 Å². The summed E-state index contributed by atoms with van der Waals surface area (Å²) in [5.41, 5.74) is 2.10. The molecule has 0 radical (unpaired) electrons. The second-order valence-electron chi connectivity index (χ2n) is 5.90. The fraction of sp³-hybridized carbons (Fsp3) is 0.529. The van der Waals surface area contributed by atoms with Crippen molar-refractivity contribution >= 4 is 17.0 Å². The summed E-state index contributed by atoms with van der Waals surface area (Å²) in [6.07, 6.45) is 2.73. The molecule has 0 amide bonds. The van der Waals surface area contributed by atoms with Crippen LogP contribution < -0.4 is 0 Å². The van der Waals surface area contributed by atoms with Crippen LogP contribution in [0.5, 0.6) is 0 Å². The predicted octanol–water partition coefficient (Wildman–Crippen LogP) is 2.90. The Balaban J connectivity index is 1.73. The molecule has 1 N–H and O–H groups in total. The number of fused-ring (bicyclic) bond motifs is 1. The standard InChI is InChI=1S/C17H23N3O2/c1-3-15(16-18-13-6-4-5-7-14(13)19-16)20-10-8-12(9-11-20)17(21)22-2/h4-7,12,15H,3,8-11H2,1-2H3,(H,18,19). The number of aromatic amines is 1. The molecule has 5 nitrogen and oxygen atoms in total. The first-order valence-electron chi connectivity index (χ1n) is 7.99. The van der Waals surface area contributed by atoms with E-state index in [2.05, 4.69) is 22.9 Å². The molecule has 0 spiro atoms. The second kappa shape index (κ2) is 6.48. The third kappa shape index (κ3) is 2.86. The molecule has 0 saturated carbocycles. The molecule has 1 aliphatic heterocycles. The highest BCUT2D eigenvalue weighted by Gasteiger charge is 2.30. The van der Waals surface area contributed by atoms with E-state index in [1.807, 2.05) is 18.2 Å². The molecule has 1 atom stereocenters. The minimum atomic E-state index is -0.0727. The van der Waals surface area contributed by atoms with Crippen LogP contribution >= 0.6 is 0 Å². The van der Waals surface area contributed by atoms with Crippen LogP contribution in [-0.2, 0) is 9.53 Å². The number of hydrogen-bond donors (Lipinski definition) is 1. The Morgan fingerprint density at radius 2 is 2.14 bits per heavy atom. The van der Waals surface area contributed by atoms with Gasteiger partial charge in [-0.1, -0.05) is 19.1 Å². The zero-order valence-corrected chi connectivity index (χ0v) is 13.2. The van der Waals surface area contributed by atoms with Crippen molar-refractivity contribution < 1.29 is 9.53 Å². The Morgan fingerprint density at radius 1 is 1.41 bits per heavy atom. The lowest BCUT2D eigenvalue weighted by molar-refractivity contribution is -0.147. The number of benzene rings is 1. The molecule has 0 aliphatic carbocycles. The summed E-state index contributed by atoms with van der Waals surface area (Å²) in [6.45, 7) is 4.01. The highest BCUT2D eigenvalue weighted by Crippen LogP contribution is 2.29. The monoisotopic (exact) mass is 301 g/mol. The number of methoxy groups -OCH3 is 1. The lowest BCUT2D eigenvalue weighted by Gasteiger charge is -2.35. The Hall–Kier alpha value is -1.88. The summed E-state index contributed by atoms with van der Waals surface area (Å²) in [4.78, 5) is 22.3. The number of piperidine rings is 1. The molecule has 3 rings (SSSR count). The normalized spacial score (nSPS) is 18.5. The van der Waals surface area contributed by atoms with Gasteiger partial charge in [-0.15, -0.1) is 0 Å². The van der Waals surface area contributed by atoms with Crippen LogP contribution in [0.25, 0.3) is 11.0 Å². The molecule has 1 aliphatic rings. The number of rotatable bonds is 4. The van der Waals surface area contributed by atoms with E-state index >= 15 is 0 Å². The van der Waals surface area contributed by atoms with E-state index in [1.165, 1.54) is 7.11 Å². The van der Waals surface area contributed by atoms with Gasteiger partial charge in [-0.25, -0.2) is 4.98 Å². The molecule has 0 bridgehead atoms. The minimum Gasteiger partial charge on any atom is -0.469 e. The number of ether oxygens (including phenoxy) is 1. The van der Waals surface area contributed by atoms with Crippen molar-refractivity contribution in [3.8, 4) is 0 Å². The summed E-state index contributed by atoms with van der Waals surface area (Å²) >= 11 is 0. The fourth-order valence-electron chi connectivity index (χ4n) is 3.37. The molecule has 2 aromatic rings. The van der Waals surface area contributed by atoms with Gasteiger partial charge in [0.2, 0.25) is 0 Å². The largest absolute Gasteiger partial charge is 0.469 e. The van der Waals surface area contributed by atoms with Crippen molar-refractivity contribution in [2.75, 3.05) is 20.2 Å². The van der Waals surface area contributed by atoms with E-state index in [-0.39, 0.29) is 17.9 Å². The third-order valence-electron chi connectivity index (χ3n) is 4.61. The van der Waals surface area contributed by atoms with Crippen molar-refractivity contribution in [1.29, 1.82) is 0 Å². The van der Waals surface area contributed by atoms with Gasteiger partial charge in [0.15, 0.2) is 0 Å². The van der Waals surface area contributed by atoms with Gasteiger partial charge < -0.3 is 9.72 Å². The lowest BCUT2D eigenvalue weighted by atomic mass is 9.95. The van der Waals surface area contributed by atoms with Gasteiger partial charge in [-0.3, -0.25) is 9.69 Å². The van der Waals surface area contributed by atoms with E-state index in [0.29, 0.717) is 0 Å². The molecule has 118 valence electrons. The average molecular weight is 301 g/mol. The molecule has 22 heavy (non-hydrogen) atoms. The van der Waals surface area contributed by atoms with E-state index < -0.39 is 0 Å². The minimum absolute atomic E-state index is 0.0504. The average Bonchev–Trinajstić information content (AvgIpc) is 2.99. The number of imidazole rings is 1. The zero-order chi connectivity index (χ0) is 15.5. The van der Waals surface area contributed by atoms with E-state index in [0.717, 1.165) is 49.2 Å². The van der Waals surface area contributed by atoms with Crippen LogP contribution in [0.1, 0.15) is 38.1 Å². The molecule has 1 unspecified atom stereocenters. The van der Waals surface area contributed by atoms with Crippen molar-refractivity contribution in [2.24, 2.45) is 5.92 Å². The van der Waals surface area contributed by atoms with Crippen LogP contribution in [0, 0.1) is 5.92 Å². The Labute approximate surface area is 130 Å². The number of aromatic nitrogens is 2. The highest BCUT2D eigenvalue weighted by atomic mass is 16.5. The van der Waals surface area contributed by atoms with E-state index in [9.17, 15) is 4.79 Å². The van der Waals surface area contributed by atoms with Crippen LogP contribution in [0.4, 0.5) is 0 Å². The summed E-state index contributed by atoms with van der Waals surface area (Å²) in [6, 6.07) is 8.40. The molecular formula is C17H23N3O2. The number of hydrogen-bond acceptors (Lipinski definition) is 4. The topological polar surface area (TPSA) is 58.2 Å². The van der Waals surface area contributed by atoms with Crippen LogP contribution in [-0.4, -0.2) is 41.0 Å². The summed E-state index contributed by atoms with van der Waals surface area (Å²) < 4.78 is 4.86. The quantitative estimate of drug-likeness (QED) is 0.882. The number of carbonyl (C=O) groups is 1. The van der Waals surface area contributed by atoms with Crippen LogP contribution in [0.15, 0.2) is 24.3 Å². The van der Waals surface area contributed by atoms with Gasteiger partial charge in [-0.2, -0.15) is 0 Å². The summed E-state index contributed by atoms with van der Waals surface area (Å²) in [5, 5.41) is 0. The number of nitrogens with one attached hydrogen (secondary N) is 1. The number of esters is 1. The van der Waals surface area contributed by atoms with E-state index in [1.54, 1.807) is 0 Å². The second-order valence-corrected chi connectivity index (χ2v) is 5.90. The van der Waals surface area contributed by atoms with Gasteiger partial charge in [-0.05, 0) is 44.5 Å². The molecule has 1 saturated heterocycles. The first-order chi connectivity index (χ1) is 10.7. The number of para-hydroxylation sites is 2. The zero-order valence-electron chi connectivity index (χ0n) is 13.2. The van der Waals surface area contributed by atoms with Crippen LogP contribution in [0.3, 0.4) is 0 Å². The third-order valence-corrected chi connectivity index (χ3v) is 4.61. The highest BCUT2D eigenvalue weighted by molar-refractivity contribution is 5.74. The molecule has 1 aromatic heterocycles. The van der Waals surface area contributed by atoms with Gasteiger partial charge >= 0.3 is 5.97 Å². The number of likely N-dealkylation sites (tertiary alicyclic amines) is 1. The van der Waals surface area contributed by atoms with Gasteiger partial charge in [0.25, 0.3) is 0 Å². The Kier molecular flexibility index (Phi) is 4.43. The van der Waals surface area contributed by atoms with Crippen molar-refractivity contribution in [3.05, 3.63) is 30.1 Å². The van der Waals surface area contributed by atoms with Crippen LogP contribution in [0.2, 0.25) is 0 Å². The predicted molar refractivity (Wildman–Crippen MR) is 85.4 cm³/mol. The molecule has 2 heterocycles. The van der Waals surface area contributed by atoms with Gasteiger partial charge in [0, 0.05) is 0 Å². The molecular weight excluding hydrogens is 278 g/mol. The van der Waals surface area contributed by atoms with Gasteiger partial charge in [0.05, 0.1) is 30.1 Å². The number of nitrogens with zero attached hydrogens (tertiary/aromatic N) is 2. The maximum Gasteiger partial charge on any atom is 0.308 e. The maximum atomic E-state index is 11.6. The lowest BCUT2D eigenvalue weighted by Crippen LogP contribution is -2.39. The molecule has 5 heteroatoms. The smallest absolute Gasteiger partial charge is 0.308 e. The van der Waals surface area contributed by atoms with Crippen molar-refractivity contribution in [1.82, 2.24) is 14.9 Å². The Bertz CT molecular complexity index is 611. The summed E-state index contributed by atoms with van der Waals surface area (Å²) in [5.74, 6) is 1.01. The fourth-order valence-corrected chi connectivity index (χ4v) is 3.37. The van der Waals surface area contributed by atoms with Gasteiger partial charge in [0.1, 0.15) is 5.82 Å². The van der Waals surface area contributed by atoms with E-state index in [4.69, 9.17) is 9.72 Å². The first kappa shape index (κ1) is 15.0. The first-order valence-corrected chi connectivity index (χ1v) is 7.99. The maximum absolute atomic E-state index is 11.6. The molecule has 1 fully saturated rings. The number of H-pyrrole nitrogens is 1. The SMILES string of the molecule is CCC(c1nc2ccccc2[nH]1)N1CCC(C(=O)OC)CC1. The van der Waals surface area contributed by atoms with Crippen molar-refractivity contribution in [3.63, 3.8) is 0 Å².